The molecule has 1 unspecified atom stereocenters. The van der Waals surface area contributed by atoms with Gasteiger partial charge in [-0.1, -0.05) is 0 Å². The number of carboxylic acids is 1. The molecule has 88 valence electrons. The number of pyridine rings is 1. The Bertz CT molecular complexity index is 506. The van der Waals surface area contributed by atoms with E-state index in [1.807, 2.05) is 0 Å². The monoisotopic (exact) mass is 233 g/mol. The lowest BCUT2D eigenvalue weighted by Gasteiger charge is -2.11. The van der Waals surface area contributed by atoms with Gasteiger partial charge >= 0.3 is 5.97 Å². The molecule has 0 fully saturated rings. The summed E-state index contributed by atoms with van der Waals surface area (Å²) in [5, 5.41) is 8.73. The van der Waals surface area contributed by atoms with Gasteiger partial charge in [0.25, 0.3) is 0 Å². The maximum atomic E-state index is 10.7. The first-order valence-corrected chi connectivity index (χ1v) is 5.06. The molecule has 2 heterocycles. The van der Waals surface area contributed by atoms with Crippen LogP contribution < -0.4 is 4.74 Å². The molecule has 0 radical (unpaired) electrons. The van der Waals surface area contributed by atoms with Gasteiger partial charge in [0.05, 0.1) is 6.20 Å². The van der Waals surface area contributed by atoms with E-state index in [1.54, 1.807) is 37.5 Å². The highest BCUT2D eigenvalue weighted by atomic mass is 16.5. The Morgan fingerprint density at radius 2 is 2.29 bits per heavy atom. The summed E-state index contributed by atoms with van der Waals surface area (Å²) in [5.41, 5.74) is 0. The molecule has 0 aliphatic carbocycles. The van der Waals surface area contributed by atoms with Gasteiger partial charge in [0.2, 0.25) is 5.76 Å². The largest absolute Gasteiger partial charge is 0.481 e. The highest BCUT2D eigenvalue weighted by molar-refractivity contribution is 5.84. The lowest BCUT2D eigenvalue weighted by Crippen LogP contribution is -2.02. The maximum absolute atomic E-state index is 10.7. The van der Waals surface area contributed by atoms with Crippen LogP contribution in [-0.4, -0.2) is 16.1 Å². The Labute approximate surface area is 97.7 Å². The van der Waals surface area contributed by atoms with Gasteiger partial charge < -0.3 is 14.3 Å². The third kappa shape index (κ3) is 2.63. The van der Waals surface area contributed by atoms with Crippen LogP contribution in [0.5, 0.6) is 5.75 Å². The SMILES string of the molecule is CC(Oc1cccnc1)c1ccc(C(=O)O)o1. The first kappa shape index (κ1) is 11.2. The Balaban J connectivity index is 2.09. The Kier molecular flexibility index (Phi) is 3.09. The molecular formula is C12H11NO4. The van der Waals surface area contributed by atoms with Crippen LogP contribution in [0.2, 0.25) is 0 Å². The molecule has 0 aliphatic heterocycles. The molecule has 1 N–H and O–H groups in total. The van der Waals surface area contributed by atoms with Gasteiger partial charge in [-0.2, -0.15) is 0 Å². The van der Waals surface area contributed by atoms with Crippen LogP contribution in [0.4, 0.5) is 0 Å². The van der Waals surface area contributed by atoms with E-state index in [2.05, 4.69) is 4.98 Å². The van der Waals surface area contributed by atoms with Crippen molar-refractivity contribution in [3.05, 3.63) is 48.2 Å². The Morgan fingerprint density at radius 1 is 1.47 bits per heavy atom. The predicted molar refractivity (Wildman–Crippen MR) is 58.9 cm³/mol. The molecule has 0 aromatic carbocycles. The van der Waals surface area contributed by atoms with E-state index < -0.39 is 5.97 Å². The van der Waals surface area contributed by atoms with Gasteiger partial charge in [-0.3, -0.25) is 4.98 Å². The zero-order valence-corrected chi connectivity index (χ0v) is 9.16. The van der Waals surface area contributed by atoms with Gasteiger partial charge in [0.15, 0.2) is 6.10 Å². The van der Waals surface area contributed by atoms with E-state index in [0.29, 0.717) is 11.5 Å². The van der Waals surface area contributed by atoms with Gasteiger partial charge in [0, 0.05) is 6.20 Å². The van der Waals surface area contributed by atoms with Crippen LogP contribution in [0.1, 0.15) is 29.3 Å². The first-order valence-electron chi connectivity index (χ1n) is 5.06. The molecule has 0 saturated heterocycles. The van der Waals surface area contributed by atoms with Crippen molar-refractivity contribution >= 4 is 5.97 Å². The number of carboxylic acid groups (broad SMARTS) is 1. The molecule has 17 heavy (non-hydrogen) atoms. The van der Waals surface area contributed by atoms with E-state index in [0.717, 1.165) is 0 Å². The van der Waals surface area contributed by atoms with Crippen molar-refractivity contribution < 1.29 is 19.1 Å². The van der Waals surface area contributed by atoms with Crippen LogP contribution in [0, 0.1) is 0 Å². The van der Waals surface area contributed by atoms with Crippen molar-refractivity contribution in [3.8, 4) is 5.75 Å². The minimum atomic E-state index is -1.09. The van der Waals surface area contributed by atoms with Crippen LogP contribution in [0.25, 0.3) is 0 Å². The number of aromatic carboxylic acids is 1. The average Bonchev–Trinajstić information content (AvgIpc) is 2.79. The number of aromatic nitrogens is 1. The Hall–Kier alpha value is -2.30. The van der Waals surface area contributed by atoms with E-state index in [1.165, 1.54) is 6.07 Å². The minimum Gasteiger partial charge on any atom is -0.481 e. The fraction of sp³-hybridized carbons (Fsp3) is 0.167. The fourth-order valence-corrected chi connectivity index (χ4v) is 1.37. The molecule has 1 atom stereocenters. The lowest BCUT2D eigenvalue weighted by atomic mass is 10.3. The molecule has 0 bridgehead atoms. The summed E-state index contributed by atoms with van der Waals surface area (Å²) in [4.78, 5) is 14.6. The summed E-state index contributed by atoms with van der Waals surface area (Å²) in [5.74, 6) is -0.119. The van der Waals surface area contributed by atoms with Gasteiger partial charge in [-0.25, -0.2) is 4.79 Å². The number of hydrogen-bond acceptors (Lipinski definition) is 4. The summed E-state index contributed by atoms with van der Waals surface area (Å²) < 4.78 is 10.7. The molecule has 0 aliphatic rings. The quantitative estimate of drug-likeness (QED) is 0.878. The predicted octanol–water partition coefficient (Wildman–Crippen LogP) is 2.51. The van der Waals surface area contributed by atoms with Crippen molar-refractivity contribution in [1.82, 2.24) is 4.98 Å². The molecule has 2 aromatic rings. The maximum Gasteiger partial charge on any atom is 0.371 e. The Morgan fingerprint density at radius 3 is 2.88 bits per heavy atom. The second kappa shape index (κ2) is 4.69. The summed E-state index contributed by atoms with van der Waals surface area (Å²) >= 11 is 0. The molecule has 0 saturated carbocycles. The smallest absolute Gasteiger partial charge is 0.371 e. The van der Waals surface area contributed by atoms with Crippen molar-refractivity contribution in [2.75, 3.05) is 0 Å². The first-order chi connectivity index (χ1) is 8.16. The van der Waals surface area contributed by atoms with E-state index in [9.17, 15) is 4.79 Å². The average molecular weight is 233 g/mol. The topological polar surface area (TPSA) is 72.6 Å². The van der Waals surface area contributed by atoms with E-state index in [4.69, 9.17) is 14.3 Å². The number of rotatable bonds is 4. The van der Waals surface area contributed by atoms with Crippen LogP contribution >= 0.6 is 0 Å². The molecule has 2 rings (SSSR count). The summed E-state index contributed by atoms with van der Waals surface area (Å²) in [6.07, 6.45) is 2.86. The summed E-state index contributed by atoms with van der Waals surface area (Å²) in [6.45, 7) is 1.78. The zero-order chi connectivity index (χ0) is 12.3. The second-order valence-electron chi connectivity index (χ2n) is 3.46. The highest BCUT2D eigenvalue weighted by Gasteiger charge is 2.15. The number of furan rings is 1. The number of nitrogens with zero attached hydrogens (tertiary/aromatic N) is 1. The fourth-order valence-electron chi connectivity index (χ4n) is 1.37. The summed E-state index contributed by atoms with van der Waals surface area (Å²) in [7, 11) is 0. The lowest BCUT2D eigenvalue weighted by molar-refractivity contribution is 0.0655. The molecular weight excluding hydrogens is 222 g/mol. The van der Waals surface area contributed by atoms with Crippen molar-refractivity contribution in [2.45, 2.75) is 13.0 Å². The molecule has 5 heteroatoms. The van der Waals surface area contributed by atoms with Gasteiger partial charge in [-0.15, -0.1) is 0 Å². The van der Waals surface area contributed by atoms with Crippen molar-refractivity contribution in [3.63, 3.8) is 0 Å². The number of hydrogen-bond donors (Lipinski definition) is 1. The third-order valence-electron chi connectivity index (χ3n) is 2.19. The van der Waals surface area contributed by atoms with Crippen LogP contribution in [0.15, 0.2) is 41.1 Å². The van der Waals surface area contributed by atoms with Gasteiger partial charge in [0.1, 0.15) is 11.5 Å². The minimum absolute atomic E-state index is 0.0957. The van der Waals surface area contributed by atoms with E-state index >= 15 is 0 Å². The van der Waals surface area contributed by atoms with Crippen molar-refractivity contribution in [1.29, 1.82) is 0 Å². The zero-order valence-electron chi connectivity index (χ0n) is 9.16. The number of ether oxygens (including phenoxy) is 1. The number of carbonyl (C=O) groups is 1. The highest BCUT2D eigenvalue weighted by Crippen LogP contribution is 2.22. The third-order valence-corrected chi connectivity index (χ3v) is 2.19. The van der Waals surface area contributed by atoms with E-state index in [-0.39, 0.29) is 11.9 Å². The summed E-state index contributed by atoms with van der Waals surface area (Å²) in [6, 6.07) is 6.52. The second-order valence-corrected chi connectivity index (χ2v) is 3.46. The molecule has 2 aromatic heterocycles. The van der Waals surface area contributed by atoms with Crippen LogP contribution in [0.3, 0.4) is 0 Å². The van der Waals surface area contributed by atoms with Crippen molar-refractivity contribution in [2.24, 2.45) is 0 Å². The molecule has 5 nitrogen and oxygen atoms in total. The van der Waals surface area contributed by atoms with Crippen LogP contribution in [-0.2, 0) is 0 Å². The molecule has 0 amide bonds. The standard InChI is InChI=1S/C12H11NO4/c1-8(16-9-3-2-6-13-7-9)10-4-5-11(17-10)12(14)15/h2-8H,1H3,(H,14,15). The normalized spacial score (nSPS) is 12.1. The van der Waals surface area contributed by atoms with Gasteiger partial charge in [-0.05, 0) is 31.2 Å². The molecule has 0 spiro atoms.